The van der Waals surface area contributed by atoms with E-state index in [2.05, 4.69) is 52.9 Å². The summed E-state index contributed by atoms with van der Waals surface area (Å²) in [5.41, 5.74) is 6.63. The molecular formula is C13H20N6. The Morgan fingerprint density at radius 3 is 2.42 bits per heavy atom. The molecule has 1 heterocycles. The molecule has 1 unspecified atom stereocenters. The van der Waals surface area contributed by atoms with Crippen LogP contribution in [0.5, 0.6) is 0 Å². The standard InChI is InChI=1S/C13H20N6/c1-9-4-10(2)6-11(5-9)7-12(15-14)8-13-16-18-19(3)17-13/h4-6,12,15H,7-8,14H2,1-3H3. The van der Waals surface area contributed by atoms with Gasteiger partial charge >= 0.3 is 0 Å². The molecule has 102 valence electrons. The Morgan fingerprint density at radius 1 is 1.21 bits per heavy atom. The average molecular weight is 260 g/mol. The number of nitrogens with two attached hydrogens (primary N) is 1. The molecule has 3 N–H and O–H groups in total. The lowest BCUT2D eigenvalue weighted by atomic mass is 10.00. The van der Waals surface area contributed by atoms with Crippen LogP contribution in [0.4, 0.5) is 0 Å². The maximum absolute atomic E-state index is 5.62. The van der Waals surface area contributed by atoms with Crippen molar-refractivity contribution < 1.29 is 0 Å². The molecule has 0 bridgehead atoms. The minimum absolute atomic E-state index is 0.102. The second-order valence-corrected chi connectivity index (χ2v) is 4.96. The van der Waals surface area contributed by atoms with Crippen molar-refractivity contribution in [2.75, 3.05) is 0 Å². The number of benzene rings is 1. The Balaban J connectivity index is 2.06. The predicted octanol–water partition coefficient (Wildman–Crippen LogP) is 0.444. The normalized spacial score (nSPS) is 12.6. The monoisotopic (exact) mass is 260 g/mol. The van der Waals surface area contributed by atoms with E-state index >= 15 is 0 Å². The van der Waals surface area contributed by atoms with Crippen LogP contribution in [0.3, 0.4) is 0 Å². The lowest BCUT2D eigenvalue weighted by molar-refractivity contribution is 0.509. The molecule has 2 aromatic rings. The molecule has 0 aliphatic rings. The molecule has 6 nitrogen and oxygen atoms in total. The van der Waals surface area contributed by atoms with Crippen molar-refractivity contribution in [3.8, 4) is 0 Å². The molecule has 0 radical (unpaired) electrons. The maximum Gasteiger partial charge on any atom is 0.176 e. The molecule has 0 saturated heterocycles. The zero-order valence-corrected chi connectivity index (χ0v) is 11.6. The summed E-state index contributed by atoms with van der Waals surface area (Å²) in [6, 6.07) is 6.63. The van der Waals surface area contributed by atoms with Crippen molar-refractivity contribution in [1.29, 1.82) is 0 Å². The minimum Gasteiger partial charge on any atom is -0.271 e. The van der Waals surface area contributed by atoms with Crippen molar-refractivity contribution in [2.24, 2.45) is 12.9 Å². The van der Waals surface area contributed by atoms with Crippen LogP contribution in [0.2, 0.25) is 0 Å². The predicted molar refractivity (Wildman–Crippen MR) is 73.2 cm³/mol. The van der Waals surface area contributed by atoms with E-state index in [1.54, 1.807) is 7.05 Å². The molecule has 1 aromatic carbocycles. The van der Waals surface area contributed by atoms with E-state index in [-0.39, 0.29) is 6.04 Å². The first-order valence-corrected chi connectivity index (χ1v) is 6.33. The zero-order chi connectivity index (χ0) is 13.8. The number of hydrogen-bond donors (Lipinski definition) is 2. The van der Waals surface area contributed by atoms with Gasteiger partial charge in [0.1, 0.15) is 0 Å². The summed E-state index contributed by atoms with van der Waals surface area (Å²) in [6.07, 6.45) is 1.51. The fraction of sp³-hybridized carbons (Fsp3) is 0.462. The molecule has 0 aliphatic carbocycles. The molecule has 19 heavy (non-hydrogen) atoms. The van der Waals surface area contributed by atoms with Gasteiger partial charge in [-0.05, 0) is 31.0 Å². The largest absolute Gasteiger partial charge is 0.271 e. The topological polar surface area (TPSA) is 81.7 Å². The number of hydrazine groups is 1. The lowest BCUT2D eigenvalue weighted by Gasteiger charge is -2.14. The van der Waals surface area contributed by atoms with E-state index < -0.39 is 0 Å². The molecule has 0 saturated carbocycles. The molecule has 0 aliphatic heterocycles. The van der Waals surface area contributed by atoms with Gasteiger partial charge in [0.15, 0.2) is 5.82 Å². The van der Waals surface area contributed by atoms with Crippen LogP contribution in [0, 0.1) is 13.8 Å². The Morgan fingerprint density at radius 2 is 1.89 bits per heavy atom. The highest BCUT2D eigenvalue weighted by atomic mass is 15.6. The number of tetrazole rings is 1. The fourth-order valence-electron chi connectivity index (χ4n) is 2.29. The summed E-state index contributed by atoms with van der Waals surface area (Å²) >= 11 is 0. The fourth-order valence-corrected chi connectivity index (χ4v) is 2.29. The van der Waals surface area contributed by atoms with E-state index in [1.165, 1.54) is 21.5 Å². The number of rotatable bonds is 5. The molecule has 1 aromatic heterocycles. The number of nitrogens with zero attached hydrogens (tertiary/aromatic N) is 4. The number of aryl methyl sites for hydroxylation is 3. The van der Waals surface area contributed by atoms with Crippen molar-refractivity contribution in [1.82, 2.24) is 25.6 Å². The first-order valence-electron chi connectivity index (χ1n) is 6.33. The average Bonchev–Trinajstić information content (AvgIpc) is 2.72. The Labute approximate surface area is 113 Å². The number of hydrogen-bond acceptors (Lipinski definition) is 5. The number of aromatic nitrogens is 4. The van der Waals surface area contributed by atoms with Gasteiger partial charge in [0.2, 0.25) is 0 Å². The summed E-state index contributed by atoms with van der Waals surface area (Å²) in [5.74, 6) is 6.32. The van der Waals surface area contributed by atoms with Crippen LogP contribution < -0.4 is 11.3 Å². The summed E-state index contributed by atoms with van der Waals surface area (Å²) in [4.78, 5) is 1.46. The van der Waals surface area contributed by atoms with Gasteiger partial charge in [0.25, 0.3) is 0 Å². The van der Waals surface area contributed by atoms with Crippen molar-refractivity contribution in [3.05, 3.63) is 40.7 Å². The highest BCUT2D eigenvalue weighted by Crippen LogP contribution is 2.12. The van der Waals surface area contributed by atoms with Crippen LogP contribution in [0.1, 0.15) is 22.5 Å². The summed E-state index contributed by atoms with van der Waals surface area (Å²) in [7, 11) is 1.76. The zero-order valence-electron chi connectivity index (χ0n) is 11.6. The van der Waals surface area contributed by atoms with Crippen molar-refractivity contribution in [2.45, 2.75) is 32.7 Å². The van der Waals surface area contributed by atoms with Gasteiger partial charge in [-0.15, -0.1) is 10.2 Å². The molecule has 0 amide bonds. The SMILES string of the molecule is Cc1cc(C)cc(CC(Cc2nnn(C)n2)NN)c1. The lowest BCUT2D eigenvalue weighted by Crippen LogP contribution is -2.38. The Hall–Kier alpha value is -1.79. The summed E-state index contributed by atoms with van der Waals surface area (Å²) in [6.45, 7) is 4.21. The van der Waals surface area contributed by atoms with Gasteiger partial charge in [0, 0.05) is 12.5 Å². The van der Waals surface area contributed by atoms with E-state index in [0.717, 1.165) is 6.42 Å². The van der Waals surface area contributed by atoms with Crippen molar-refractivity contribution >= 4 is 0 Å². The van der Waals surface area contributed by atoms with Crippen LogP contribution >= 0.6 is 0 Å². The van der Waals surface area contributed by atoms with Gasteiger partial charge in [-0.1, -0.05) is 29.3 Å². The summed E-state index contributed by atoms with van der Waals surface area (Å²) < 4.78 is 0. The second-order valence-electron chi connectivity index (χ2n) is 4.96. The van der Waals surface area contributed by atoms with Gasteiger partial charge in [0.05, 0.1) is 7.05 Å². The van der Waals surface area contributed by atoms with E-state index in [1.807, 2.05) is 0 Å². The van der Waals surface area contributed by atoms with Gasteiger partial charge in [-0.2, -0.15) is 4.80 Å². The second kappa shape index (κ2) is 5.90. The quantitative estimate of drug-likeness (QED) is 0.602. The van der Waals surface area contributed by atoms with E-state index in [9.17, 15) is 0 Å². The highest BCUT2D eigenvalue weighted by molar-refractivity contribution is 5.29. The van der Waals surface area contributed by atoms with Crippen LogP contribution in [-0.2, 0) is 19.9 Å². The minimum atomic E-state index is 0.102. The highest BCUT2D eigenvalue weighted by Gasteiger charge is 2.12. The van der Waals surface area contributed by atoms with E-state index in [4.69, 9.17) is 5.84 Å². The third kappa shape index (κ3) is 3.84. The molecule has 2 rings (SSSR count). The third-order valence-electron chi connectivity index (χ3n) is 2.98. The van der Waals surface area contributed by atoms with E-state index in [0.29, 0.717) is 12.2 Å². The molecular weight excluding hydrogens is 240 g/mol. The van der Waals surface area contributed by atoms with Crippen LogP contribution in [0.25, 0.3) is 0 Å². The third-order valence-corrected chi connectivity index (χ3v) is 2.98. The number of nitrogens with one attached hydrogen (secondary N) is 1. The first-order chi connectivity index (χ1) is 9.06. The van der Waals surface area contributed by atoms with Crippen LogP contribution in [-0.4, -0.2) is 26.2 Å². The molecule has 6 heteroatoms. The van der Waals surface area contributed by atoms with Gasteiger partial charge < -0.3 is 0 Å². The summed E-state index contributed by atoms with van der Waals surface area (Å²) in [5, 5.41) is 12.0. The maximum atomic E-state index is 5.62. The van der Waals surface area contributed by atoms with Crippen LogP contribution in [0.15, 0.2) is 18.2 Å². The Kier molecular flexibility index (Phi) is 4.24. The van der Waals surface area contributed by atoms with Crippen molar-refractivity contribution in [3.63, 3.8) is 0 Å². The molecule has 1 atom stereocenters. The molecule has 0 fully saturated rings. The van der Waals surface area contributed by atoms with Gasteiger partial charge in [-0.25, -0.2) is 0 Å². The Bertz CT molecular complexity index is 528. The smallest absolute Gasteiger partial charge is 0.176 e. The first kappa shape index (κ1) is 13.6. The van der Waals surface area contributed by atoms with Gasteiger partial charge in [-0.3, -0.25) is 11.3 Å². The molecule has 0 spiro atoms.